The van der Waals surface area contributed by atoms with Gasteiger partial charge in [0.2, 0.25) is 0 Å². The first-order valence-electron chi connectivity index (χ1n) is 4.88. The van der Waals surface area contributed by atoms with E-state index in [9.17, 15) is 0 Å². The van der Waals surface area contributed by atoms with Crippen LogP contribution in [0.2, 0.25) is 9.36 Å². The molecule has 0 unspecified atom stereocenters. The fraction of sp³-hybridized carbons (Fsp3) is 0.100. The van der Waals surface area contributed by atoms with Gasteiger partial charge in [-0.25, -0.2) is 4.98 Å². The molecular formula is C10H5Cl2N3S3. The highest BCUT2D eigenvalue weighted by atomic mass is 35.5. The lowest BCUT2D eigenvalue weighted by atomic mass is 10.3. The van der Waals surface area contributed by atoms with Crippen molar-refractivity contribution in [3.8, 4) is 0 Å². The highest BCUT2D eigenvalue weighted by Gasteiger charge is 2.09. The molecule has 3 nitrogen and oxygen atoms in total. The van der Waals surface area contributed by atoms with Crippen molar-refractivity contribution in [1.29, 1.82) is 0 Å². The second-order valence-electron chi connectivity index (χ2n) is 3.37. The summed E-state index contributed by atoms with van der Waals surface area (Å²) in [6.45, 7) is 0. The number of halogens is 2. The third-order valence-electron chi connectivity index (χ3n) is 2.17. The van der Waals surface area contributed by atoms with Crippen LogP contribution in [0.1, 0.15) is 5.69 Å². The summed E-state index contributed by atoms with van der Waals surface area (Å²) in [4.78, 5) is 4.51. The van der Waals surface area contributed by atoms with Crippen LogP contribution in [0, 0.1) is 0 Å². The van der Waals surface area contributed by atoms with Crippen LogP contribution in [0.5, 0.6) is 0 Å². The van der Waals surface area contributed by atoms with Gasteiger partial charge >= 0.3 is 0 Å². The minimum absolute atomic E-state index is 0.645. The fourth-order valence-electron chi connectivity index (χ4n) is 1.35. The van der Waals surface area contributed by atoms with Gasteiger partial charge < -0.3 is 0 Å². The summed E-state index contributed by atoms with van der Waals surface area (Å²) in [5.74, 6) is 0.683. The van der Waals surface area contributed by atoms with E-state index in [1.54, 1.807) is 23.1 Å². The van der Waals surface area contributed by atoms with Gasteiger partial charge in [-0.05, 0) is 18.2 Å². The molecular weight excluding hydrogens is 329 g/mol. The third kappa shape index (κ3) is 2.62. The zero-order valence-electron chi connectivity index (χ0n) is 8.76. The van der Waals surface area contributed by atoms with Crippen molar-refractivity contribution in [2.45, 2.75) is 10.1 Å². The molecule has 18 heavy (non-hydrogen) atoms. The highest BCUT2D eigenvalue weighted by Crippen LogP contribution is 2.33. The number of hydrogen-bond donors (Lipinski definition) is 0. The molecule has 1 aromatic carbocycles. The van der Waals surface area contributed by atoms with Gasteiger partial charge in [0, 0.05) is 22.3 Å². The van der Waals surface area contributed by atoms with Crippen molar-refractivity contribution >= 4 is 68.0 Å². The SMILES string of the molecule is Clc1ccc2sc(SCc3nnsc3Cl)nc2c1. The Morgan fingerprint density at radius 2 is 2.17 bits per heavy atom. The maximum absolute atomic E-state index is 5.95. The topological polar surface area (TPSA) is 38.7 Å². The Morgan fingerprint density at radius 1 is 1.28 bits per heavy atom. The van der Waals surface area contributed by atoms with E-state index >= 15 is 0 Å². The first-order valence-corrected chi connectivity index (χ1v) is 8.21. The van der Waals surface area contributed by atoms with E-state index < -0.39 is 0 Å². The van der Waals surface area contributed by atoms with E-state index in [0.29, 0.717) is 15.1 Å². The molecule has 92 valence electrons. The standard InChI is InChI=1S/C10H5Cl2N3S3/c11-5-1-2-8-6(3-5)13-10(17-8)16-4-7-9(12)18-15-14-7/h1-3H,4H2. The molecule has 0 saturated carbocycles. The van der Waals surface area contributed by atoms with Gasteiger partial charge in [-0.15, -0.1) is 16.4 Å². The van der Waals surface area contributed by atoms with Crippen LogP contribution < -0.4 is 0 Å². The van der Waals surface area contributed by atoms with Gasteiger partial charge in [-0.1, -0.05) is 39.5 Å². The maximum atomic E-state index is 5.95. The Hall–Kier alpha value is -0.400. The number of rotatable bonds is 3. The third-order valence-corrected chi connectivity index (χ3v) is 5.58. The van der Waals surface area contributed by atoms with E-state index in [0.717, 1.165) is 20.3 Å². The molecule has 0 bridgehead atoms. The molecule has 2 aromatic heterocycles. The summed E-state index contributed by atoms with van der Waals surface area (Å²) in [5.41, 5.74) is 1.74. The molecule has 0 radical (unpaired) electrons. The lowest BCUT2D eigenvalue weighted by Gasteiger charge is -1.92. The molecule has 0 spiro atoms. The minimum atomic E-state index is 0.645. The average Bonchev–Trinajstić information content (AvgIpc) is 2.92. The number of aromatic nitrogens is 3. The summed E-state index contributed by atoms with van der Waals surface area (Å²) in [7, 11) is 0. The Kier molecular flexibility index (Phi) is 3.72. The second-order valence-corrected chi connectivity index (χ2v) is 7.42. The smallest absolute Gasteiger partial charge is 0.151 e. The number of nitrogens with zero attached hydrogens (tertiary/aromatic N) is 3. The van der Waals surface area contributed by atoms with Crippen LogP contribution in [-0.2, 0) is 5.75 Å². The largest absolute Gasteiger partial charge is 0.230 e. The van der Waals surface area contributed by atoms with Crippen molar-refractivity contribution in [3.63, 3.8) is 0 Å². The molecule has 0 aliphatic carbocycles. The van der Waals surface area contributed by atoms with Crippen LogP contribution in [-0.4, -0.2) is 14.6 Å². The Bertz CT molecular complexity index is 695. The van der Waals surface area contributed by atoms with Crippen LogP contribution in [0.25, 0.3) is 10.2 Å². The summed E-state index contributed by atoms with van der Waals surface area (Å²) in [5, 5.41) is 4.68. The fourth-order valence-corrected chi connectivity index (χ4v) is 4.30. The monoisotopic (exact) mass is 333 g/mol. The van der Waals surface area contributed by atoms with Crippen molar-refractivity contribution in [1.82, 2.24) is 14.6 Å². The number of thiazole rings is 1. The summed E-state index contributed by atoms with van der Waals surface area (Å²) in [6, 6.07) is 5.73. The van der Waals surface area contributed by atoms with Gasteiger partial charge in [-0.2, -0.15) is 0 Å². The molecule has 0 aliphatic rings. The summed E-state index contributed by atoms with van der Waals surface area (Å²) in [6.07, 6.45) is 0. The van der Waals surface area contributed by atoms with E-state index in [4.69, 9.17) is 23.2 Å². The van der Waals surface area contributed by atoms with Gasteiger partial charge in [0.1, 0.15) is 10.0 Å². The first kappa shape index (κ1) is 12.6. The van der Waals surface area contributed by atoms with Crippen molar-refractivity contribution in [2.75, 3.05) is 0 Å². The Morgan fingerprint density at radius 3 is 2.94 bits per heavy atom. The molecule has 3 aromatic rings. The number of thioether (sulfide) groups is 1. The zero-order valence-corrected chi connectivity index (χ0v) is 12.7. The van der Waals surface area contributed by atoms with Crippen LogP contribution in [0.4, 0.5) is 0 Å². The Balaban J connectivity index is 1.81. The molecule has 0 N–H and O–H groups in total. The predicted octanol–water partition coefficient (Wildman–Crippen LogP) is 4.75. The minimum Gasteiger partial charge on any atom is -0.230 e. The van der Waals surface area contributed by atoms with Gasteiger partial charge in [-0.3, -0.25) is 0 Å². The lowest BCUT2D eigenvalue weighted by Crippen LogP contribution is -1.81. The molecule has 0 amide bonds. The summed E-state index contributed by atoms with van der Waals surface area (Å²) >= 11 is 16.3. The average molecular weight is 334 g/mol. The number of benzene rings is 1. The van der Waals surface area contributed by atoms with Crippen molar-refractivity contribution < 1.29 is 0 Å². The van der Waals surface area contributed by atoms with Crippen molar-refractivity contribution in [2.24, 2.45) is 0 Å². The molecule has 0 aliphatic heterocycles. The zero-order chi connectivity index (χ0) is 12.5. The number of fused-ring (bicyclic) bond motifs is 1. The molecule has 3 rings (SSSR count). The molecule has 0 fully saturated rings. The van der Waals surface area contributed by atoms with E-state index in [1.165, 1.54) is 11.5 Å². The molecule has 0 saturated heterocycles. The quantitative estimate of drug-likeness (QED) is 0.648. The van der Waals surface area contributed by atoms with E-state index in [1.807, 2.05) is 18.2 Å². The molecule has 0 atom stereocenters. The van der Waals surface area contributed by atoms with Crippen LogP contribution in [0.3, 0.4) is 0 Å². The van der Waals surface area contributed by atoms with Gasteiger partial charge in [0.05, 0.1) is 10.2 Å². The van der Waals surface area contributed by atoms with Gasteiger partial charge in [0.15, 0.2) is 4.34 Å². The van der Waals surface area contributed by atoms with E-state index in [2.05, 4.69) is 14.6 Å². The normalized spacial score (nSPS) is 11.2. The predicted molar refractivity (Wildman–Crippen MR) is 79.1 cm³/mol. The summed E-state index contributed by atoms with van der Waals surface area (Å²) < 4.78 is 6.56. The highest BCUT2D eigenvalue weighted by molar-refractivity contribution is 8.00. The maximum Gasteiger partial charge on any atom is 0.151 e. The van der Waals surface area contributed by atoms with E-state index in [-0.39, 0.29) is 0 Å². The first-order chi connectivity index (χ1) is 8.72. The lowest BCUT2D eigenvalue weighted by molar-refractivity contribution is 1.07. The number of hydrogen-bond acceptors (Lipinski definition) is 6. The van der Waals surface area contributed by atoms with Crippen molar-refractivity contribution in [3.05, 3.63) is 33.3 Å². The second kappa shape index (κ2) is 5.30. The van der Waals surface area contributed by atoms with Gasteiger partial charge in [0.25, 0.3) is 0 Å². The van der Waals surface area contributed by atoms with Crippen LogP contribution in [0.15, 0.2) is 22.5 Å². The Labute approximate surface area is 125 Å². The molecule has 8 heteroatoms. The van der Waals surface area contributed by atoms with Crippen LogP contribution >= 0.6 is 57.8 Å². The molecule has 2 heterocycles.